The van der Waals surface area contributed by atoms with Gasteiger partial charge >= 0.3 is 5.97 Å². The number of carboxylic acid groups (broad SMARTS) is 1. The summed E-state index contributed by atoms with van der Waals surface area (Å²) in [5.74, 6) is -0.727. The van der Waals surface area contributed by atoms with Crippen molar-refractivity contribution >= 4 is 5.97 Å². The lowest BCUT2D eigenvalue weighted by Crippen LogP contribution is -2.45. The molecule has 0 spiro atoms. The van der Waals surface area contributed by atoms with Gasteiger partial charge in [-0.05, 0) is 33.0 Å². The number of piperidine rings is 1. The van der Waals surface area contributed by atoms with E-state index >= 15 is 0 Å². The van der Waals surface area contributed by atoms with Gasteiger partial charge in [0, 0.05) is 12.6 Å². The number of carboxylic acids is 1. The van der Waals surface area contributed by atoms with Crippen molar-refractivity contribution in [1.82, 2.24) is 9.80 Å². The number of likely N-dealkylation sites (N-methyl/N-ethyl adjacent to an activating group) is 2. The van der Waals surface area contributed by atoms with E-state index in [0.29, 0.717) is 6.04 Å². The Balaban J connectivity index is 2.38. The summed E-state index contributed by atoms with van der Waals surface area (Å²) in [5, 5.41) is 8.76. The van der Waals surface area contributed by atoms with Crippen LogP contribution in [0.4, 0.5) is 0 Å². The molecule has 0 aromatic heterocycles. The van der Waals surface area contributed by atoms with E-state index in [-0.39, 0.29) is 6.54 Å². The highest BCUT2D eigenvalue weighted by molar-refractivity contribution is 5.69. The minimum atomic E-state index is -0.727. The molecule has 1 heterocycles. The number of likely N-dealkylation sites (tertiary alicyclic amines) is 1. The van der Waals surface area contributed by atoms with E-state index in [1.54, 1.807) is 0 Å². The summed E-state index contributed by atoms with van der Waals surface area (Å²) in [6.45, 7) is 5.04. The molecule has 0 aromatic rings. The molecule has 15 heavy (non-hydrogen) atoms. The first-order valence-corrected chi connectivity index (χ1v) is 5.78. The molecule has 0 aliphatic carbocycles. The molecule has 4 heteroatoms. The van der Waals surface area contributed by atoms with Crippen LogP contribution in [-0.2, 0) is 4.79 Å². The average molecular weight is 214 g/mol. The van der Waals surface area contributed by atoms with Crippen LogP contribution < -0.4 is 0 Å². The first-order valence-electron chi connectivity index (χ1n) is 5.78. The first-order chi connectivity index (χ1) is 7.13. The van der Waals surface area contributed by atoms with Crippen LogP contribution in [0.3, 0.4) is 0 Å². The molecule has 1 saturated heterocycles. The van der Waals surface area contributed by atoms with Gasteiger partial charge in [0.2, 0.25) is 0 Å². The summed E-state index contributed by atoms with van der Waals surface area (Å²) >= 11 is 0. The zero-order valence-electron chi connectivity index (χ0n) is 9.78. The molecular formula is C11H22N2O2. The molecule has 1 N–H and O–H groups in total. The zero-order valence-corrected chi connectivity index (χ0v) is 9.78. The van der Waals surface area contributed by atoms with Crippen molar-refractivity contribution < 1.29 is 9.90 Å². The second kappa shape index (κ2) is 6.08. The Bertz CT molecular complexity index is 209. The van der Waals surface area contributed by atoms with E-state index in [9.17, 15) is 4.79 Å². The van der Waals surface area contributed by atoms with Gasteiger partial charge in [0.25, 0.3) is 0 Å². The van der Waals surface area contributed by atoms with Crippen LogP contribution in [0.1, 0.15) is 26.2 Å². The van der Waals surface area contributed by atoms with Crippen LogP contribution >= 0.6 is 0 Å². The van der Waals surface area contributed by atoms with E-state index in [1.807, 2.05) is 11.8 Å². The fourth-order valence-electron chi connectivity index (χ4n) is 2.17. The SMILES string of the molecule is CCN(CC(=O)O)C[C@H]1CCCCN1C. The Hall–Kier alpha value is -0.610. The van der Waals surface area contributed by atoms with Crippen LogP contribution in [0, 0.1) is 0 Å². The van der Waals surface area contributed by atoms with Crippen LogP contribution in [0.2, 0.25) is 0 Å². The molecule has 0 bridgehead atoms. The highest BCUT2D eigenvalue weighted by Gasteiger charge is 2.21. The van der Waals surface area contributed by atoms with Gasteiger partial charge in [-0.1, -0.05) is 13.3 Å². The Morgan fingerprint density at radius 2 is 2.27 bits per heavy atom. The van der Waals surface area contributed by atoms with Gasteiger partial charge in [-0.15, -0.1) is 0 Å². The number of carbonyl (C=O) groups is 1. The smallest absolute Gasteiger partial charge is 0.317 e. The van der Waals surface area contributed by atoms with E-state index < -0.39 is 5.97 Å². The summed E-state index contributed by atoms with van der Waals surface area (Å²) < 4.78 is 0. The van der Waals surface area contributed by atoms with E-state index in [0.717, 1.165) is 19.6 Å². The summed E-state index contributed by atoms with van der Waals surface area (Å²) in [5.41, 5.74) is 0. The van der Waals surface area contributed by atoms with Crippen LogP contribution in [0.25, 0.3) is 0 Å². The summed E-state index contributed by atoms with van der Waals surface area (Å²) in [6, 6.07) is 0.540. The predicted molar refractivity (Wildman–Crippen MR) is 60.0 cm³/mol. The average Bonchev–Trinajstić information content (AvgIpc) is 2.19. The fraction of sp³-hybridized carbons (Fsp3) is 0.909. The summed E-state index contributed by atoms with van der Waals surface area (Å²) in [7, 11) is 2.14. The van der Waals surface area contributed by atoms with E-state index in [4.69, 9.17) is 5.11 Å². The second-order valence-corrected chi connectivity index (χ2v) is 4.35. The van der Waals surface area contributed by atoms with Gasteiger partial charge in [-0.3, -0.25) is 9.69 Å². The molecule has 1 aliphatic heterocycles. The van der Waals surface area contributed by atoms with E-state index in [1.165, 1.54) is 19.3 Å². The summed E-state index contributed by atoms with van der Waals surface area (Å²) in [6.07, 6.45) is 3.75. The largest absolute Gasteiger partial charge is 0.480 e. The Labute approximate surface area is 91.9 Å². The minimum Gasteiger partial charge on any atom is -0.480 e. The quantitative estimate of drug-likeness (QED) is 0.738. The van der Waals surface area contributed by atoms with Gasteiger partial charge in [-0.25, -0.2) is 0 Å². The number of hydrogen-bond donors (Lipinski definition) is 1. The van der Waals surface area contributed by atoms with Crippen LogP contribution in [-0.4, -0.2) is 60.1 Å². The van der Waals surface area contributed by atoms with Crippen molar-refractivity contribution in [3.8, 4) is 0 Å². The topological polar surface area (TPSA) is 43.8 Å². The lowest BCUT2D eigenvalue weighted by molar-refractivity contribution is -0.138. The maximum atomic E-state index is 10.6. The number of nitrogens with zero attached hydrogens (tertiary/aromatic N) is 2. The van der Waals surface area contributed by atoms with Gasteiger partial charge in [0.15, 0.2) is 0 Å². The van der Waals surface area contributed by atoms with Crippen molar-refractivity contribution in [2.45, 2.75) is 32.2 Å². The van der Waals surface area contributed by atoms with Gasteiger partial charge < -0.3 is 10.0 Å². The molecule has 1 fully saturated rings. The Morgan fingerprint density at radius 1 is 1.53 bits per heavy atom. The zero-order chi connectivity index (χ0) is 11.3. The minimum absolute atomic E-state index is 0.167. The molecule has 1 rings (SSSR count). The van der Waals surface area contributed by atoms with Crippen molar-refractivity contribution in [3.05, 3.63) is 0 Å². The molecule has 1 aliphatic rings. The van der Waals surface area contributed by atoms with Crippen LogP contribution in [0.15, 0.2) is 0 Å². The third-order valence-electron chi connectivity index (χ3n) is 3.20. The first kappa shape index (κ1) is 12.5. The Kier molecular flexibility index (Phi) is 5.05. The van der Waals surface area contributed by atoms with Crippen LogP contribution in [0.5, 0.6) is 0 Å². The molecule has 0 amide bonds. The maximum Gasteiger partial charge on any atom is 0.317 e. The Morgan fingerprint density at radius 3 is 2.80 bits per heavy atom. The van der Waals surface area contributed by atoms with Gasteiger partial charge in [-0.2, -0.15) is 0 Å². The standard InChI is InChI=1S/C11H22N2O2/c1-3-13(9-11(14)15)8-10-6-4-5-7-12(10)2/h10H,3-9H2,1-2H3,(H,14,15)/t10-/m1/s1. The number of rotatable bonds is 5. The summed E-state index contributed by atoms with van der Waals surface area (Å²) in [4.78, 5) is 15.0. The van der Waals surface area contributed by atoms with Crippen molar-refractivity contribution in [2.24, 2.45) is 0 Å². The number of hydrogen-bond acceptors (Lipinski definition) is 3. The lowest BCUT2D eigenvalue weighted by Gasteiger charge is -2.35. The molecule has 0 unspecified atom stereocenters. The second-order valence-electron chi connectivity index (χ2n) is 4.35. The highest BCUT2D eigenvalue weighted by Crippen LogP contribution is 2.15. The molecule has 0 saturated carbocycles. The molecule has 1 atom stereocenters. The number of aliphatic carboxylic acids is 1. The molecule has 4 nitrogen and oxygen atoms in total. The normalized spacial score (nSPS) is 23.3. The fourth-order valence-corrected chi connectivity index (χ4v) is 2.17. The molecule has 0 radical (unpaired) electrons. The maximum absolute atomic E-state index is 10.6. The van der Waals surface area contributed by atoms with E-state index in [2.05, 4.69) is 11.9 Å². The van der Waals surface area contributed by atoms with Crippen molar-refractivity contribution in [2.75, 3.05) is 33.2 Å². The molecular weight excluding hydrogens is 192 g/mol. The van der Waals surface area contributed by atoms with Gasteiger partial charge in [0.05, 0.1) is 6.54 Å². The molecule has 0 aromatic carbocycles. The third-order valence-corrected chi connectivity index (χ3v) is 3.20. The van der Waals surface area contributed by atoms with Crippen molar-refractivity contribution in [1.29, 1.82) is 0 Å². The lowest BCUT2D eigenvalue weighted by atomic mass is 10.0. The van der Waals surface area contributed by atoms with Crippen molar-refractivity contribution in [3.63, 3.8) is 0 Å². The highest BCUT2D eigenvalue weighted by atomic mass is 16.4. The predicted octanol–water partition coefficient (Wildman–Crippen LogP) is 0.877. The van der Waals surface area contributed by atoms with Gasteiger partial charge in [0.1, 0.15) is 0 Å². The monoisotopic (exact) mass is 214 g/mol. The third kappa shape index (κ3) is 4.18. The molecule has 88 valence electrons.